The molecule has 0 radical (unpaired) electrons. The molecular weight excluding hydrogens is 372 g/mol. The summed E-state index contributed by atoms with van der Waals surface area (Å²) in [7, 11) is 1.60. The van der Waals surface area contributed by atoms with Gasteiger partial charge in [-0.3, -0.25) is 9.59 Å². The van der Waals surface area contributed by atoms with Crippen LogP contribution in [-0.2, 0) is 16.0 Å². The summed E-state index contributed by atoms with van der Waals surface area (Å²) >= 11 is 3.49. The monoisotopic (exact) mass is 396 g/mol. The molecule has 1 unspecified atom stereocenters. The zero-order valence-corrected chi connectivity index (χ0v) is 16.5. The number of rotatable bonds is 3. The van der Waals surface area contributed by atoms with Crippen molar-refractivity contribution in [3.05, 3.63) is 22.2 Å². The summed E-state index contributed by atoms with van der Waals surface area (Å²) in [4.78, 5) is 27.2. The Morgan fingerprint density at radius 3 is 2.62 bits per heavy atom. The largest absolute Gasteiger partial charge is 0.495 e. The molecule has 2 rings (SSSR count). The zero-order valence-electron chi connectivity index (χ0n) is 14.9. The second-order valence-corrected chi connectivity index (χ2v) is 7.88. The van der Waals surface area contributed by atoms with Crippen molar-refractivity contribution in [1.29, 1.82) is 0 Å². The van der Waals surface area contributed by atoms with Gasteiger partial charge in [0.1, 0.15) is 11.7 Å². The molecule has 2 amide bonds. The number of hydrogen-bond acceptors (Lipinski definition) is 3. The van der Waals surface area contributed by atoms with Gasteiger partial charge in [0.15, 0.2) is 0 Å². The lowest BCUT2D eigenvalue weighted by atomic mass is 9.98. The normalized spacial score (nSPS) is 18.0. The smallest absolute Gasteiger partial charge is 0.239 e. The van der Waals surface area contributed by atoms with E-state index in [1.54, 1.807) is 12.0 Å². The molecule has 0 saturated carbocycles. The van der Waals surface area contributed by atoms with Crippen LogP contribution in [0.5, 0.6) is 5.75 Å². The third kappa shape index (κ3) is 3.91. The highest BCUT2D eigenvalue weighted by atomic mass is 79.9. The lowest BCUT2D eigenvalue weighted by Gasteiger charge is -2.27. The van der Waals surface area contributed by atoms with E-state index in [1.807, 2.05) is 39.8 Å². The molecule has 5 nitrogen and oxygen atoms in total. The fraction of sp³-hybridized carbons (Fsp3) is 0.556. The van der Waals surface area contributed by atoms with Gasteiger partial charge < -0.3 is 15.0 Å². The number of carbonyl (C=O) groups is 2. The van der Waals surface area contributed by atoms with Gasteiger partial charge in [-0.15, -0.1) is 0 Å². The maximum Gasteiger partial charge on any atom is 0.239 e. The van der Waals surface area contributed by atoms with Crippen LogP contribution in [0, 0.1) is 5.92 Å². The molecule has 1 N–H and O–H groups in total. The maximum atomic E-state index is 13.0. The van der Waals surface area contributed by atoms with Crippen LogP contribution in [-0.4, -0.2) is 31.0 Å². The van der Waals surface area contributed by atoms with E-state index in [-0.39, 0.29) is 17.4 Å². The highest BCUT2D eigenvalue weighted by Crippen LogP contribution is 2.37. The predicted molar refractivity (Wildman–Crippen MR) is 98.4 cm³/mol. The van der Waals surface area contributed by atoms with E-state index in [0.717, 1.165) is 15.7 Å². The van der Waals surface area contributed by atoms with Crippen molar-refractivity contribution in [3.63, 3.8) is 0 Å². The molecule has 132 valence electrons. The molecule has 1 atom stereocenters. The molecule has 1 aliphatic rings. The minimum Gasteiger partial charge on any atom is -0.495 e. The third-order valence-electron chi connectivity index (χ3n) is 4.04. The first-order valence-corrected chi connectivity index (χ1v) is 8.97. The van der Waals surface area contributed by atoms with Crippen LogP contribution in [0.1, 0.15) is 39.7 Å². The number of anilines is 1. The standard InChI is InChI=1S/C18H25BrN2O3/c1-6-21-14-10-15(24-5)13(19)9-11(14)7-8-12(17(21)23)16(22)20-18(2,3)4/h9-10,12H,6-8H2,1-5H3,(H,20,22). The van der Waals surface area contributed by atoms with Crippen LogP contribution in [0.2, 0.25) is 0 Å². The summed E-state index contributed by atoms with van der Waals surface area (Å²) in [6, 6.07) is 3.85. The number of nitrogens with one attached hydrogen (secondary N) is 1. The van der Waals surface area contributed by atoms with Gasteiger partial charge in [-0.2, -0.15) is 0 Å². The zero-order chi connectivity index (χ0) is 18.1. The summed E-state index contributed by atoms with van der Waals surface area (Å²) in [5.74, 6) is -0.342. The van der Waals surface area contributed by atoms with Crippen molar-refractivity contribution in [2.45, 2.75) is 46.1 Å². The quantitative estimate of drug-likeness (QED) is 0.797. The van der Waals surface area contributed by atoms with Crippen LogP contribution in [0.15, 0.2) is 16.6 Å². The molecule has 0 aliphatic carbocycles. The summed E-state index contributed by atoms with van der Waals surface area (Å²) in [5, 5.41) is 2.93. The van der Waals surface area contributed by atoms with E-state index in [9.17, 15) is 9.59 Å². The van der Waals surface area contributed by atoms with Gasteiger partial charge in [0.05, 0.1) is 17.3 Å². The molecule has 24 heavy (non-hydrogen) atoms. The molecule has 1 aromatic rings. The molecule has 1 aliphatic heterocycles. The number of amides is 2. The Bertz CT molecular complexity index is 652. The molecule has 0 fully saturated rings. The van der Waals surface area contributed by atoms with Gasteiger partial charge in [0.2, 0.25) is 11.8 Å². The lowest BCUT2D eigenvalue weighted by molar-refractivity contribution is -0.134. The van der Waals surface area contributed by atoms with E-state index in [1.165, 1.54) is 0 Å². The number of carbonyl (C=O) groups excluding carboxylic acids is 2. The summed E-state index contributed by atoms with van der Waals surface area (Å²) in [6.07, 6.45) is 1.17. The fourth-order valence-corrected chi connectivity index (χ4v) is 3.50. The molecule has 0 spiro atoms. The number of benzene rings is 1. The number of ether oxygens (including phenoxy) is 1. The molecule has 0 bridgehead atoms. The van der Waals surface area contributed by atoms with Crippen LogP contribution in [0.4, 0.5) is 5.69 Å². The number of aryl methyl sites for hydroxylation is 1. The lowest BCUT2D eigenvalue weighted by Crippen LogP contribution is -2.48. The molecule has 6 heteroatoms. The maximum absolute atomic E-state index is 13.0. The molecular formula is C18H25BrN2O3. The molecule has 1 aromatic carbocycles. The highest BCUT2D eigenvalue weighted by Gasteiger charge is 2.36. The molecule has 1 heterocycles. The topological polar surface area (TPSA) is 58.6 Å². The summed E-state index contributed by atoms with van der Waals surface area (Å²) < 4.78 is 6.21. The van der Waals surface area contributed by atoms with E-state index in [4.69, 9.17) is 4.74 Å². The second kappa shape index (κ2) is 7.13. The van der Waals surface area contributed by atoms with Crippen LogP contribution < -0.4 is 15.0 Å². The van der Waals surface area contributed by atoms with Gasteiger partial charge in [-0.1, -0.05) is 0 Å². The average Bonchev–Trinajstić information content (AvgIpc) is 2.60. The van der Waals surface area contributed by atoms with Gasteiger partial charge >= 0.3 is 0 Å². The number of hydrogen-bond donors (Lipinski definition) is 1. The van der Waals surface area contributed by atoms with Gasteiger partial charge in [0, 0.05) is 18.2 Å². The Morgan fingerprint density at radius 2 is 2.08 bits per heavy atom. The molecule has 0 saturated heterocycles. The van der Waals surface area contributed by atoms with E-state index in [0.29, 0.717) is 25.1 Å². The summed E-state index contributed by atoms with van der Waals surface area (Å²) in [6.45, 7) is 8.18. The first-order chi connectivity index (χ1) is 11.2. The number of nitrogens with zero attached hydrogens (tertiary/aromatic N) is 1. The van der Waals surface area contributed by atoms with Crippen molar-refractivity contribution in [3.8, 4) is 5.75 Å². The highest BCUT2D eigenvalue weighted by molar-refractivity contribution is 9.10. The Kier molecular flexibility index (Phi) is 5.58. The van der Waals surface area contributed by atoms with Crippen LogP contribution in [0.25, 0.3) is 0 Å². The van der Waals surface area contributed by atoms with Crippen molar-refractivity contribution >= 4 is 33.4 Å². The van der Waals surface area contributed by atoms with E-state index in [2.05, 4.69) is 21.2 Å². The molecule has 0 aromatic heterocycles. The van der Waals surface area contributed by atoms with E-state index >= 15 is 0 Å². The Labute approximate surface area is 151 Å². The van der Waals surface area contributed by atoms with Gasteiger partial charge in [-0.25, -0.2) is 0 Å². The van der Waals surface area contributed by atoms with Crippen molar-refractivity contribution in [2.75, 3.05) is 18.6 Å². The SMILES string of the molecule is CCN1C(=O)C(C(=O)NC(C)(C)C)CCc2cc(Br)c(OC)cc21. The first-order valence-electron chi connectivity index (χ1n) is 8.17. The predicted octanol–water partition coefficient (Wildman–Crippen LogP) is 3.29. The Morgan fingerprint density at radius 1 is 1.42 bits per heavy atom. The summed E-state index contributed by atoms with van der Waals surface area (Å²) in [5.41, 5.74) is 1.51. The van der Waals surface area contributed by atoms with Crippen LogP contribution >= 0.6 is 15.9 Å². The number of halogens is 1. The Balaban J connectivity index is 2.39. The number of fused-ring (bicyclic) bond motifs is 1. The minimum atomic E-state index is -0.665. The van der Waals surface area contributed by atoms with Crippen molar-refractivity contribution < 1.29 is 14.3 Å². The third-order valence-corrected chi connectivity index (χ3v) is 4.66. The van der Waals surface area contributed by atoms with Crippen LogP contribution in [0.3, 0.4) is 0 Å². The fourth-order valence-electron chi connectivity index (χ4n) is 2.95. The average molecular weight is 397 g/mol. The van der Waals surface area contributed by atoms with Gasteiger partial charge in [0.25, 0.3) is 0 Å². The second-order valence-electron chi connectivity index (χ2n) is 7.03. The van der Waals surface area contributed by atoms with Gasteiger partial charge in [-0.05, 0) is 68.1 Å². The first kappa shape index (κ1) is 18.8. The Hall–Kier alpha value is -1.56. The van der Waals surface area contributed by atoms with Crippen molar-refractivity contribution in [1.82, 2.24) is 5.32 Å². The van der Waals surface area contributed by atoms with E-state index < -0.39 is 5.92 Å². The minimum absolute atomic E-state index is 0.151. The van der Waals surface area contributed by atoms with Crippen molar-refractivity contribution in [2.24, 2.45) is 5.92 Å². The number of methoxy groups -OCH3 is 1.